The summed E-state index contributed by atoms with van der Waals surface area (Å²) in [6.45, 7) is 4.79. The van der Waals surface area contributed by atoms with Crippen molar-refractivity contribution in [3.8, 4) is 0 Å². The molecule has 1 aromatic carbocycles. The molecule has 0 aliphatic heterocycles. The first-order valence-corrected chi connectivity index (χ1v) is 6.20. The first-order chi connectivity index (χ1) is 7.17. The maximum atomic E-state index is 13.6. The molecule has 0 radical (unpaired) electrons. The molecule has 0 heterocycles. The van der Waals surface area contributed by atoms with Gasteiger partial charge in [-0.05, 0) is 37.1 Å². The van der Waals surface area contributed by atoms with E-state index < -0.39 is 0 Å². The van der Waals surface area contributed by atoms with Crippen LogP contribution < -0.4 is 5.73 Å². The first kappa shape index (κ1) is 12.5. The molecular weight excluding hydrogens is 209 g/mol. The van der Waals surface area contributed by atoms with Crippen molar-refractivity contribution in [3.05, 3.63) is 29.6 Å². The second-order valence-corrected chi connectivity index (χ2v) is 5.12. The van der Waals surface area contributed by atoms with Crippen LogP contribution in [0, 0.1) is 5.82 Å². The number of hydrogen-bond acceptors (Lipinski definition) is 2. The second kappa shape index (κ2) is 6.13. The first-order valence-electron chi connectivity index (χ1n) is 5.32. The van der Waals surface area contributed by atoms with Crippen molar-refractivity contribution in [1.29, 1.82) is 0 Å². The van der Waals surface area contributed by atoms with Crippen LogP contribution in [-0.2, 0) is 6.42 Å². The average Bonchev–Trinajstić information content (AvgIpc) is 2.22. The van der Waals surface area contributed by atoms with Gasteiger partial charge in [0.05, 0.1) is 0 Å². The van der Waals surface area contributed by atoms with Crippen molar-refractivity contribution in [1.82, 2.24) is 0 Å². The van der Waals surface area contributed by atoms with Gasteiger partial charge in [-0.1, -0.05) is 19.9 Å². The van der Waals surface area contributed by atoms with E-state index in [1.54, 1.807) is 17.8 Å². The maximum Gasteiger partial charge on any atom is 0.137 e. The van der Waals surface area contributed by atoms with Crippen LogP contribution in [-0.4, -0.2) is 11.8 Å². The Bertz CT molecular complexity index is 314. The Morgan fingerprint density at radius 1 is 1.47 bits per heavy atom. The summed E-state index contributed by atoms with van der Waals surface area (Å²) in [5.74, 6) is -0.119. The third kappa shape index (κ3) is 3.84. The molecule has 1 aromatic rings. The molecule has 2 N–H and O–H groups in total. The zero-order valence-corrected chi connectivity index (χ0v) is 10.1. The van der Waals surface area contributed by atoms with Gasteiger partial charge in [0.25, 0.3) is 0 Å². The summed E-state index contributed by atoms with van der Waals surface area (Å²) in [6.07, 6.45) is 1.79. The number of rotatable bonds is 5. The summed E-state index contributed by atoms with van der Waals surface area (Å²) in [5.41, 5.74) is 6.40. The highest BCUT2D eigenvalue weighted by Crippen LogP contribution is 2.28. The summed E-state index contributed by atoms with van der Waals surface area (Å²) in [7, 11) is 0. The van der Waals surface area contributed by atoms with Gasteiger partial charge in [0.1, 0.15) is 5.82 Å². The Hall–Kier alpha value is -0.540. The molecule has 0 aliphatic carbocycles. The maximum absolute atomic E-state index is 13.6. The predicted molar refractivity (Wildman–Crippen MR) is 64.8 cm³/mol. The van der Waals surface area contributed by atoms with Crippen molar-refractivity contribution in [2.24, 2.45) is 5.73 Å². The van der Waals surface area contributed by atoms with E-state index in [1.165, 1.54) is 0 Å². The van der Waals surface area contributed by atoms with Gasteiger partial charge in [-0.25, -0.2) is 4.39 Å². The van der Waals surface area contributed by atoms with Crippen molar-refractivity contribution in [2.45, 2.75) is 36.8 Å². The van der Waals surface area contributed by atoms with Crippen LogP contribution in [0.4, 0.5) is 4.39 Å². The standard InChI is InChI=1S/C12H18FNS/c1-3-9(2)15-12-5-4-10(6-7-14)8-11(12)13/h4-5,8-9H,3,6-7,14H2,1-2H3. The van der Waals surface area contributed by atoms with E-state index in [-0.39, 0.29) is 5.82 Å². The van der Waals surface area contributed by atoms with Crippen LogP contribution in [0.2, 0.25) is 0 Å². The average molecular weight is 227 g/mol. The summed E-state index contributed by atoms with van der Waals surface area (Å²) < 4.78 is 13.6. The SMILES string of the molecule is CCC(C)Sc1ccc(CCN)cc1F. The van der Waals surface area contributed by atoms with Gasteiger partial charge in [0.15, 0.2) is 0 Å². The van der Waals surface area contributed by atoms with Crippen molar-refractivity contribution in [2.75, 3.05) is 6.54 Å². The van der Waals surface area contributed by atoms with E-state index in [9.17, 15) is 4.39 Å². The Labute approximate surface area is 95.2 Å². The van der Waals surface area contributed by atoms with Crippen LogP contribution in [0.5, 0.6) is 0 Å². The molecule has 0 amide bonds. The number of halogens is 1. The Kier molecular flexibility index (Phi) is 5.12. The molecule has 3 heteroatoms. The van der Waals surface area contributed by atoms with Gasteiger partial charge in [0.2, 0.25) is 0 Å². The summed E-state index contributed by atoms with van der Waals surface area (Å²) in [4.78, 5) is 0.741. The number of thioether (sulfide) groups is 1. The molecule has 84 valence electrons. The molecule has 1 atom stereocenters. The van der Waals surface area contributed by atoms with Crippen LogP contribution in [0.15, 0.2) is 23.1 Å². The van der Waals surface area contributed by atoms with Crippen LogP contribution in [0.3, 0.4) is 0 Å². The summed E-state index contributed by atoms with van der Waals surface area (Å²) in [5, 5.41) is 0.458. The van der Waals surface area contributed by atoms with Crippen molar-refractivity contribution >= 4 is 11.8 Å². The van der Waals surface area contributed by atoms with Gasteiger partial charge in [-0.3, -0.25) is 0 Å². The molecule has 1 unspecified atom stereocenters. The monoisotopic (exact) mass is 227 g/mol. The number of benzene rings is 1. The largest absolute Gasteiger partial charge is 0.330 e. The van der Waals surface area contributed by atoms with E-state index >= 15 is 0 Å². The molecule has 1 rings (SSSR count). The fourth-order valence-corrected chi connectivity index (χ4v) is 2.18. The lowest BCUT2D eigenvalue weighted by Gasteiger charge is -2.09. The zero-order chi connectivity index (χ0) is 11.3. The molecule has 0 saturated carbocycles. The summed E-state index contributed by atoms with van der Waals surface area (Å²) >= 11 is 1.59. The molecule has 0 saturated heterocycles. The van der Waals surface area contributed by atoms with E-state index in [0.29, 0.717) is 11.8 Å². The third-order valence-electron chi connectivity index (χ3n) is 2.33. The highest BCUT2D eigenvalue weighted by atomic mass is 32.2. The van der Waals surface area contributed by atoms with Gasteiger partial charge in [0, 0.05) is 10.1 Å². The lowest BCUT2D eigenvalue weighted by atomic mass is 10.1. The lowest BCUT2D eigenvalue weighted by molar-refractivity contribution is 0.599. The van der Waals surface area contributed by atoms with E-state index in [2.05, 4.69) is 13.8 Å². The van der Waals surface area contributed by atoms with E-state index in [1.807, 2.05) is 12.1 Å². The fourth-order valence-electron chi connectivity index (χ4n) is 1.26. The smallest absolute Gasteiger partial charge is 0.137 e. The minimum atomic E-state index is -0.119. The van der Waals surface area contributed by atoms with Crippen LogP contribution in [0.25, 0.3) is 0 Å². The highest BCUT2D eigenvalue weighted by molar-refractivity contribution is 7.99. The van der Waals surface area contributed by atoms with E-state index in [4.69, 9.17) is 5.73 Å². The number of nitrogens with two attached hydrogens (primary N) is 1. The molecule has 0 aromatic heterocycles. The number of hydrogen-bond donors (Lipinski definition) is 1. The highest BCUT2D eigenvalue weighted by Gasteiger charge is 2.07. The molecule has 0 fully saturated rings. The molecule has 0 bridgehead atoms. The molecule has 1 nitrogen and oxygen atoms in total. The Morgan fingerprint density at radius 3 is 2.73 bits per heavy atom. The molecule has 15 heavy (non-hydrogen) atoms. The quantitative estimate of drug-likeness (QED) is 0.782. The van der Waals surface area contributed by atoms with Gasteiger partial charge in [-0.15, -0.1) is 11.8 Å². The Morgan fingerprint density at radius 2 is 2.20 bits per heavy atom. The van der Waals surface area contributed by atoms with Crippen LogP contribution >= 0.6 is 11.8 Å². The van der Waals surface area contributed by atoms with Gasteiger partial charge < -0.3 is 5.73 Å². The lowest BCUT2D eigenvalue weighted by Crippen LogP contribution is -2.03. The minimum Gasteiger partial charge on any atom is -0.330 e. The topological polar surface area (TPSA) is 26.0 Å². The Balaban J connectivity index is 2.74. The third-order valence-corrected chi connectivity index (χ3v) is 3.65. The second-order valence-electron chi connectivity index (χ2n) is 3.64. The van der Waals surface area contributed by atoms with E-state index in [0.717, 1.165) is 23.3 Å². The normalized spacial score (nSPS) is 12.8. The van der Waals surface area contributed by atoms with Gasteiger partial charge >= 0.3 is 0 Å². The molecule has 0 aliphatic rings. The predicted octanol–water partition coefficient (Wildman–Crippen LogP) is 3.22. The molecule has 0 spiro atoms. The fraction of sp³-hybridized carbons (Fsp3) is 0.500. The van der Waals surface area contributed by atoms with Gasteiger partial charge in [-0.2, -0.15) is 0 Å². The zero-order valence-electron chi connectivity index (χ0n) is 9.29. The van der Waals surface area contributed by atoms with Crippen molar-refractivity contribution < 1.29 is 4.39 Å². The summed E-state index contributed by atoms with van der Waals surface area (Å²) in [6, 6.07) is 5.41. The molecular formula is C12H18FNS. The van der Waals surface area contributed by atoms with Crippen LogP contribution in [0.1, 0.15) is 25.8 Å². The minimum absolute atomic E-state index is 0.119. The van der Waals surface area contributed by atoms with Crippen molar-refractivity contribution in [3.63, 3.8) is 0 Å².